The molecule has 14 nitrogen and oxygen atoms in total. The van der Waals surface area contributed by atoms with Crippen LogP contribution in [0.3, 0.4) is 0 Å². The number of carboxylic acid groups (broad SMARTS) is 2. The van der Waals surface area contributed by atoms with Gasteiger partial charge in [0.1, 0.15) is 25.2 Å². The lowest BCUT2D eigenvalue weighted by molar-refractivity contribution is -0.384. The van der Waals surface area contributed by atoms with Gasteiger partial charge >= 0.3 is 17.2 Å². The lowest BCUT2D eigenvalue weighted by Gasteiger charge is -2.17. The number of carbonyl (C=O) groups is 5. The van der Waals surface area contributed by atoms with Gasteiger partial charge in [-0.1, -0.05) is 0 Å². The first kappa shape index (κ1) is 27.3. The maximum absolute atomic E-state index is 12.2. The summed E-state index contributed by atoms with van der Waals surface area (Å²) < 4.78 is 5.00. The van der Waals surface area contributed by atoms with Crippen molar-refractivity contribution < 1.29 is 43.8 Å². The SMILES string of the molecule is NC(CCC(=O)NC(CSC(=O)OCc1ccc([N+](=O)[O-])cc1)C(=O)NCC(=O)O)C(=O)O. The highest BCUT2D eigenvalue weighted by Crippen LogP contribution is 2.15. The Kier molecular flexibility index (Phi) is 11.3. The fraction of sp³-hybridized carbons (Fsp3) is 0.389. The summed E-state index contributed by atoms with van der Waals surface area (Å²) in [5, 5.41) is 31.6. The normalized spacial score (nSPS) is 12.2. The largest absolute Gasteiger partial charge is 0.480 e. The summed E-state index contributed by atoms with van der Waals surface area (Å²) in [6.45, 7) is -0.913. The van der Waals surface area contributed by atoms with Crippen molar-refractivity contribution in [2.24, 2.45) is 5.73 Å². The number of nitrogens with two attached hydrogens (primary N) is 1. The number of hydrogen-bond acceptors (Lipinski definition) is 10. The zero-order valence-corrected chi connectivity index (χ0v) is 17.9. The average Bonchev–Trinajstić information content (AvgIpc) is 2.77. The predicted molar refractivity (Wildman–Crippen MR) is 113 cm³/mol. The Labute approximate surface area is 191 Å². The molecule has 2 unspecified atom stereocenters. The van der Waals surface area contributed by atoms with E-state index in [0.717, 1.165) is 0 Å². The Morgan fingerprint density at radius 3 is 2.33 bits per heavy atom. The number of benzene rings is 1. The smallest absolute Gasteiger partial charge is 0.367 e. The monoisotopic (exact) mass is 486 g/mol. The molecule has 33 heavy (non-hydrogen) atoms. The van der Waals surface area contributed by atoms with Crippen molar-refractivity contribution in [3.8, 4) is 0 Å². The molecule has 1 rings (SSSR count). The number of nitrogens with zero attached hydrogens (tertiary/aromatic N) is 1. The number of thioether (sulfide) groups is 1. The van der Waals surface area contributed by atoms with E-state index < -0.39 is 52.6 Å². The Hall–Kier alpha value is -3.72. The van der Waals surface area contributed by atoms with Crippen LogP contribution in [-0.4, -0.2) is 68.6 Å². The van der Waals surface area contributed by atoms with Crippen LogP contribution in [0, 0.1) is 10.1 Å². The van der Waals surface area contributed by atoms with E-state index in [1.807, 2.05) is 0 Å². The summed E-state index contributed by atoms with van der Waals surface area (Å²) in [5.41, 5.74) is 5.67. The average molecular weight is 486 g/mol. The number of nitrogens with one attached hydrogen (secondary N) is 2. The van der Waals surface area contributed by atoms with Crippen LogP contribution in [0.2, 0.25) is 0 Å². The van der Waals surface area contributed by atoms with Gasteiger partial charge in [0.15, 0.2) is 0 Å². The molecule has 0 spiro atoms. The van der Waals surface area contributed by atoms with Crippen molar-refractivity contribution in [3.63, 3.8) is 0 Å². The highest BCUT2D eigenvalue weighted by Gasteiger charge is 2.24. The quantitative estimate of drug-likeness (QED) is 0.139. The molecular weight excluding hydrogens is 464 g/mol. The Balaban J connectivity index is 2.61. The van der Waals surface area contributed by atoms with Crippen LogP contribution < -0.4 is 16.4 Å². The Morgan fingerprint density at radius 1 is 1.15 bits per heavy atom. The molecule has 0 aromatic heterocycles. The summed E-state index contributed by atoms with van der Waals surface area (Å²) >= 11 is 0.535. The molecule has 0 radical (unpaired) electrons. The molecule has 2 amide bonds. The van der Waals surface area contributed by atoms with Crippen molar-refractivity contribution >= 4 is 46.5 Å². The molecule has 0 fully saturated rings. The molecule has 0 bridgehead atoms. The van der Waals surface area contributed by atoms with Crippen LogP contribution in [0.15, 0.2) is 24.3 Å². The standard InChI is InChI=1S/C18H22N4O10S/c19-12(17(27)28)5-6-14(23)21-13(16(26)20-7-15(24)25)9-33-18(29)32-8-10-1-3-11(4-2-10)22(30)31/h1-4,12-13H,5-9,19H2,(H,20,26)(H,21,23)(H,24,25)(H,27,28). The van der Waals surface area contributed by atoms with E-state index in [9.17, 15) is 34.1 Å². The second-order valence-electron chi connectivity index (χ2n) is 6.49. The van der Waals surface area contributed by atoms with Gasteiger partial charge < -0.3 is 31.3 Å². The van der Waals surface area contributed by atoms with Gasteiger partial charge in [-0.3, -0.25) is 29.3 Å². The summed E-state index contributed by atoms with van der Waals surface area (Å²) in [4.78, 5) is 67.6. The highest BCUT2D eigenvalue weighted by molar-refractivity contribution is 8.13. The van der Waals surface area contributed by atoms with Crippen LogP contribution in [0.25, 0.3) is 0 Å². The van der Waals surface area contributed by atoms with Gasteiger partial charge in [0.25, 0.3) is 5.69 Å². The second kappa shape index (κ2) is 13.6. The molecule has 1 aromatic rings. The molecule has 0 aliphatic rings. The van der Waals surface area contributed by atoms with E-state index in [1.165, 1.54) is 24.3 Å². The maximum Gasteiger partial charge on any atom is 0.367 e. The van der Waals surface area contributed by atoms with E-state index in [2.05, 4.69) is 10.6 Å². The number of carboxylic acids is 2. The molecule has 0 heterocycles. The molecule has 0 saturated carbocycles. The van der Waals surface area contributed by atoms with Crippen LogP contribution in [0.1, 0.15) is 18.4 Å². The zero-order chi connectivity index (χ0) is 25.0. The molecule has 180 valence electrons. The van der Waals surface area contributed by atoms with Gasteiger partial charge in [-0.2, -0.15) is 0 Å². The van der Waals surface area contributed by atoms with Gasteiger partial charge in [-0.05, 0) is 35.9 Å². The second-order valence-corrected chi connectivity index (χ2v) is 7.44. The fourth-order valence-corrected chi connectivity index (χ4v) is 2.87. The Bertz CT molecular complexity index is 893. The van der Waals surface area contributed by atoms with Crippen LogP contribution >= 0.6 is 11.8 Å². The number of ether oxygens (including phenoxy) is 1. The van der Waals surface area contributed by atoms with Gasteiger partial charge in [0.05, 0.1) is 4.92 Å². The van der Waals surface area contributed by atoms with Gasteiger partial charge in [0.2, 0.25) is 11.8 Å². The van der Waals surface area contributed by atoms with Gasteiger partial charge in [0, 0.05) is 24.3 Å². The van der Waals surface area contributed by atoms with Crippen molar-refractivity contribution in [3.05, 3.63) is 39.9 Å². The fourth-order valence-electron chi connectivity index (χ4n) is 2.19. The van der Waals surface area contributed by atoms with E-state index in [-0.39, 0.29) is 30.9 Å². The van der Waals surface area contributed by atoms with Crippen LogP contribution in [0.5, 0.6) is 0 Å². The van der Waals surface area contributed by atoms with E-state index in [0.29, 0.717) is 17.3 Å². The molecular formula is C18H22N4O10S. The first-order valence-electron chi connectivity index (χ1n) is 9.29. The first-order valence-corrected chi connectivity index (χ1v) is 10.3. The maximum atomic E-state index is 12.2. The molecule has 0 aliphatic heterocycles. The molecule has 6 N–H and O–H groups in total. The number of amides is 2. The topological polar surface area (TPSA) is 228 Å². The summed E-state index contributed by atoms with van der Waals surface area (Å²) in [6.07, 6.45) is -0.513. The lowest BCUT2D eigenvalue weighted by atomic mass is 10.1. The third-order valence-corrected chi connectivity index (χ3v) is 4.79. The summed E-state index contributed by atoms with van der Waals surface area (Å²) in [5.74, 6) is -4.52. The van der Waals surface area contributed by atoms with Crippen molar-refractivity contribution in [2.75, 3.05) is 12.3 Å². The van der Waals surface area contributed by atoms with Crippen LogP contribution in [-0.2, 0) is 30.5 Å². The van der Waals surface area contributed by atoms with Crippen molar-refractivity contribution in [1.82, 2.24) is 10.6 Å². The highest BCUT2D eigenvalue weighted by atomic mass is 32.2. The van der Waals surface area contributed by atoms with Crippen molar-refractivity contribution in [1.29, 1.82) is 0 Å². The number of aliphatic carboxylic acids is 2. The predicted octanol–water partition coefficient (Wildman–Crippen LogP) is -0.158. The van der Waals surface area contributed by atoms with E-state index in [4.69, 9.17) is 20.7 Å². The summed E-state index contributed by atoms with van der Waals surface area (Å²) in [7, 11) is 0. The number of non-ortho nitro benzene ring substituents is 1. The lowest BCUT2D eigenvalue weighted by Crippen LogP contribution is -2.49. The van der Waals surface area contributed by atoms with Gasteiger partial charge in [-0.25, -0.2) is 4.79 Å². The number of carbonyl (C=O) groups excluding carboxylic acids is 3. The summed E-state index contributed by atoms with van der Waals surface area (Å²) in [6, 6.07) is 2.70. The number of hydrogen-bond donors (Lipinski definition) is 5. The molecule has 2 atom stereocenters. The minimum atomic E-state index is -1.32. The molecule has 0 saturated heterocycles. The minimum Gasteiger partial charge on any atom is -0.480 e. The molecule has 15 heteroatoms. The third kappa shape index (κ3) is 10.9. The third-order valence-electron chi connectivity index (χ3n) is 3.94. The molecule has 1 aromatic carbocycles. The number of nitro benzene ring substituents is 1. The van der Waals surface area contributed by atoms with E-state index in [1.54, 1.807) is 0 Å². The first-order chi connectivity index (χ1) is 15.5. The van der Waals surface area contributed by atoms with Crippen LogP contribution in [0.4, 0.5) is 10.5 Å². The Morgan fingerprint density at radius 2 is 1.79 bits per heavy atom. The minimum absolute atomic E-state index is 0.130. The molecule has 0 aliphatic carbocycles. The van der Waals surface area contributed by atoms with Crippen molar-refractivity contribution in [2.45, 2.75) is 31.5 Å². The van der Waals surface area contributed by atoms with E-state index >= 15 is 0 Å². The number of nitro groups is 1. The number of rotatable bonds is 13. The van der Waals surface area contributed by atoms with Gasteiger partial charge in [-0.15, -0.1) is 0 Å². The zero-order valence-electron chi connectivity index (χ0n) is 17.1.